The Hall–Kier alpha value is 0.137. The van der Waals surface area contributed by atoms with Gasteiger partial charge in [0.1, 0.15) is 0 Å². The van der Waals surface area contributed by atoms with Gasteiger partial charge in [-0.1, -0.05) is 32.1 Å². The molecule has 0 atom stereocenters. The van der Waals surface area contributed by atoms with E-state index in [1.807, 2.05) is 0 Å². The first-order valence-corrected chi connectivity index (χ1v) is 9.50. The molecule has 0 aromatic heterocycles. The lowest BCUT2D eigenvalue weighted by Gasteiger charge is -2.29. The normalized spacial score (nSPS) is 18.9. The summed E-state index contributed by atoms with van der Waals surface area (Å²) in [6.45, 7) is 7.97. The molecule has 96 valence electrons. The fraction of sp³-hybridized carbons (Fsp3) is 1.00. The van der Waals surface area contributed by atoms with Crippen LogP contribution in [0.1, 0.15) is 52.4 Å². The van der Waals surface area contributed by atoms with E-state index in [1.165, 1.54) is 44.6 Å². The molecule has 0 saturated heterocycles. The van der Waals surface area contributed by atoms with Crippen LogP contribution in [-0.4, -0.2) is 21.8 Å². The predicted octanol–water partition coefficient (Wildman–Crippen LogP) is 4.10. The summed E-state index contributed by atoms with van der Waals surface area (Å²) in [7, 11) is -1.83. The SMILES string of the molecule is CCO[Si](C)(CCC1CCCCC1)OCC. The van der Waals surface area contributed by atoms with Gasteiger partial charge in [-0.2, -0.15) is 0 Å². The van der Waals surface area contributed by atoms with Crippen molar-refractivity contribution in [2.24, 2.45) is 5.92 Å². The third-order valence-corrected chi connectivity index (χ3v) is 6.63. The molecule has 0 aromatic carbocycles. The third kappa shape index (κ3) is 4.98. The third-order valence-electron chi connectivity index (χ3n) is 3.63. The first-order chi connectivity index (χ1) is 7.70. The van der Waals surface area contributed by atoms with Crippen molar-refractivity contribution in [3.8, 4) is 0 Å². The minimum atomic E-state index is -1.83. The Morgan fingerprint density at radius 2 is 1.56 bits per heavy atom. The van der Waals surface area contributed by atoms with Crippen molar-refractivity contribution in [3.63, 3.8) is 0 Å². The summed E-state index contributed by atoms with van der Waals surface area (Å²) >= 11 is 0. The maximum absolute atomic E-state index is 5.88. The first-order valence-electron chi connectivity index (χ1n) is 6.98. The highest BCUT2D eigenvalue weighted by Crippen LogP contribution is 2.30. The number of hydrogen-bond acceptors (Lipinski definition) is 2. The molecule has 2 nitrogen and oxygen atoms in total. The van der Waals surface area contributed by atoms with Crippen molar-refractivity contribution in [1.82, 2.24) is 0 Å². The van der Waals surface area contributed by atoms with E-state index in [4.69, 9.17) is 8.85 Å². The molecule has 3 heteroatoms. The molecule has 16 heavy (non-hydrogen) atoms. The molecule has 1 aliphatic rings. The molecule has 1 saturated carbocycles. The van der Waals surface area contributed by atoms with Gasteiger partial charge in [0.25, 0.3) is 0 Å². The lowest BCUT2D eigenvalue weighted by Crippen LogP contribution is -2.39. The van der Waals surface area contributed by atoms with Gasteiger partial charge >= 0.3 is 8.56 Å². The second-order valence-corrected chi connectivity index (χ2v) is 8.39. The van der Waals surface area contributed by atoms with E-state index in [0.717, 1.165) is 19.1 Å². The lowest BCUT2D eigenvalue weighted by atomic mass is 9.88. The minimum Gasteiger partial charge on any atom is -0.395 e. The molecule has 0 aromatic rings. The Labute approximate surface area is 102 Å². The molecular formula is C13H28O2Si. The van der Waals surface area contributed by atoms with E-state index >= 15 is 0 Å². The van der Waals surface area contributed by atoms with E-state index in [-0.39, 0.29) is 0 Å². The maximum Gasteiger partial charge on any atom is 0.334 e. The minimum absolute atomic E-state index is 0.799. The van der Waals surface area contributed by atoms with Gasteiger partial charge in [0.15, 0.2) is 0 Å². The monoisotopic (exact) mass is 244 g/mol. The predicted molar refractivity (Wildman–Crippen MR) is 70.9 cm³/mol. The lowest BCUT2D eigenvalue weighted by molar-refractivity contribution is 0.184. The zero-order valence-electron chi connectivity index (χ0n) is 11.3. The Balaban J connectivity index is 2.30. The average Bonchev–Trinajstić information content (AvgIpc) is 2.29. The van der Waals surface area contributed by atoms with Crippen molar-refractivity contribution in [2.75, 3.05) is 13.2 Å². The van der Waals surface area contributed by atoms with Crippen LogP contribution in [0.4, 0.5) is 0 Å². The molecule has 0 bridgehead atoms. The fourth-order valence-electron chi connectivity index (χ4n) is 2.74. The van der Waals surface area contributed by atoms with Gasteiger partial charge < -0.3 is 8.85 Å². The Bertz CT molecular complexity index is 173. The standard InChI is InChI=1S/C13H28O2Si/c1-4-14-16(3,15-5-2)12-11-13-9-7-6-8-10-13/h13H,4-12H2,1-3H3. The van der Waals surface area contributed by atoms with Gasteiger partial charge in [-0.15, -0.1) is 0 Å². The summed E-state index contributed by atoms with van der Waals surface area (Å²) in [6, 6.07) is 1.18. The molecule has 0 N–H and O–H groups in total. The number of rotatable bonds is 7. The first kappa shape index (κ1) is 14.2. The van der Waals surface area contributed by atoms with E-state index < -0.39 is 8.56 Å². The molecule has 0 unspecified atom stereocenters. The van der Waals surface area contributed by atoms with Gasteiger partial charge in [0.2, 0.25) is 0 Å². The summed E-state index contributed by atoms with van der Waals surface area (Å²) in [5.41, 5.74) is 0. The van der Waals surface area contributed by atoms with Gasteiger partial charge in [0.05, 0.1) is 0 Å². The molecular weight excluding hydrogens is 216 g/mol. The van der Waals surface area contributed by atoms with Crippen LogP contribution in [0.5, 0.6) is 0 Å². The Kier molecular flexibility index (Phi) is 6.62. The second kappa shape index (κ2) is 7.46. The van der Waals surface area contributed by atoms with Crippen LogP contribution < -0.4 is 0 Å². The molecule has 0 spiro atoms. The topological polar surface area (TPSA) is 18.5 Å². The van der Waals surface area contributed by atoms with E-state index in [9.17, 15) is 0 Å². The highest BCUT2D eigenvalue weighted by atomic mass is 28.4. The van der Waals surface area contributed by atoms with E-state index in [1.54, 1.807) is 0 Å². The second-order valence-electron chi connectivity index (χ2n) is 5.04. The Morgan fingerprint density at radius 1 is 1.00 bits per heavy atom. The summed E-state index contributed by atoms with van der Waals surface area (Å²) in [5, 5.41) is 0. The van der Waals surface area contributed by atoms with Crippen molar-refractivity contribution < 1.29 is 8.85 Å². The van der Waals surface area contributed by atoms with Gasteiger partial charge in [-0.25, -0.2) is 0 Å². The molecule has 1 fully saturated rings. The largest absolute Gasteiger partial charge is 0.395 e. The summed E-state index contributed by atoms with van der Waals surface area (Å²) in [4.78, 5) is 0. The average molecular weight is 244 g/mol. The van der Waals surface area contributed by atoms with Crippen LogP contribution in [0, 0.1) is 5.92 Å². The smallest absolute Gasteiger partial charge is 0.334 e. The van der Waals surface area contributed by atoms with Crippen molar-refractivity contribution in [2.45, 2.75) is 65.0 Å². The highest BCUT2D eigenvalue weighted by molar-refractivity contribution is 6.66. The van der Waals surface area contributed by atoms with Crippen LogP contribution in [0.3, 0.4) is 0 Å². The van der Waals surface area contributed by atoms with Gasteiger partial charge in [-0.05, 0) is 38.8 Å². The molecule has 1 rings (SSSR count). The van der Waals surface area contributed by atoms with Crippen LogP contribution >= 0.6 is 0 Å². The molecule has 1 aliphatic carbocycles. The highest BCUT2D eigenvalue weighted by Gasteiger charge is 2.31. The van der Waals surface area contributed by atoms with E-state index in [2.05, 4.69) is 20.4 Å². The van der Waals surface area contributed by atoms with Gasteiger partial charge in [0, 0.05) is 13.2 Å². The van der Waals surface area contributed by atoms with Crippen LogP contribution in [0.25, 0.3) is 0 Å². The quantitative estimate of drug-likeness (QED) is 0.628. The molecule has 0 amide bonds. The fourth-order valence-corrected chi connectivity index (χ4v) is 5.26. The Morgan fingerprint density at radius 3 is 2.06 bits per heavy atom. The van der Waals surface area contributed by atoms with Crippen molar-refractivity contribution >= 4 is 8.56 Å². The summed E-state index contributed by atoms with van der Waals surface area (Å²) < 4.78 is 11.8. The van der Waals surface area contributed by atoms with Crippen LogP contribution in [0.15, 0.2) is 0 Å². The summed E-state index contributed by atoms with van der Waals surface area (Å²) in [5.74, 6) is 0.946. The van der Waals surface area contributed by atoms with E-state index in [0.29, 0.717) is 0 Å². The zero-order chi connectivity index (χ0) is 11.9. The van der Waals surface area contributed by atoms with Gasteiger partial charge in [-0.3, -0.25) is 0 Å². The van der Waals surface area contributed by atoms with Crippen LogP contribution in [0.2, 0.25) is 12.6 Å². The molecule has 0 radical (unpaired) electrons. The molecule has 0 heterocycles. The van der Waals surface area contributed by atoms with Crippen molar-refractivity contribution in [3.05, 3.63) is 0 Å². The zero-order valence-corrected chi connectivity index (χ0v) is 12.3. The summed E-state index contributed by atoms with van der Waals surface area (Å²) in [6.07, 6.45) is 8.51. The van der Waals surface area contributed by atoms with Crippen LogP contribution in [-0.2, 0) is 8.85 Å². The molecule has 0 aliphatic heterocycles. The maximum atomic E-state index is 5.88. The number of hydrogen-bond donors (Lipinski definition) is 0. The van der Waals surface area contributed by atoms with Crippen molar-refractivity contribution in [1.29, 1.82) is 0 Å².